The average Bonchev–Trinajstić information content (AvgIpc) is 3.21. The Morgan fingerprint density at radius 3 is 2.62 bits per heavy atom. The van der Waals surface area contributed by atoms with Gasteiger partial charge in [-0.3, -0.25) is 9.59 Å². The Hall–Kier alpha value is -2.83. The first-order valence-electron chi connectivity index (χ1n) is 11.9. The number of para-hydroxylation sites is 1. The summed E-state index contributed by atoms with van der Waals surface area (Å²) in [4.78, 5) is 34.4. The molecule has 2 amide bonds. The molecular formula is C27H30ClN3O3. The van der Waals surface area contributed by atoms with Gasteiger partial charge in [-0.15, -0.1) is 0 Å². The maximum absolute atomic E-state index is 13.9. The molecule has 178 valence electrons. The van der Waals surface area contributed by atoms with Crippen molar-refractivity contribution in [2.45, 2.75) is 44.8 Å². The van der Waals surface area contributed by atoms with Gasteiger partial charge in [-0.25, -0.2) is 0 Å². The number of piperazine rings is 1. The number of hydrogen-bond acceptors (Lipinski definition) is 3. The molecule has 2 atom stereocenters. The van der Waals surface area contributed by atoms with Gasteiger partial charge in [0.15, 0.2) is 5.54 Å². The number of rotatable bonds is 6. The molecule has 0 aliphatic carbocycles. The second-order valence-corrected chi connectivity index (χ2v) is 10.1. The van der Waals surface area contributed by atoms with Crippen LogP contribution in [0.5, 0.6) is 0 Å². The zero-order valence-corrected chi connectivity index (χ0v) is 20.6. The number of aromatic nitrogens is 1. The van der Waals surface area contributed by atoms with Crippen LogP contribution in [-0.4, -0.2) is 58.9 Å². The van der Waals surface area contributed by atoms with Crippen LogP contribution < -0.4 is 0 Å². The fourth-order valence-electron chi connectivity index (χ4n) is 5.43. The molecule has 1 fully saturated rings. The SMILES string of the molecule is CC(C)OCCCN1CC(=O)N2CC(c3ccc(Cl)cc3)c3c([nH]c4ccccc34)[C@@]2(C)C1=O. The fourth-order valence-corrected chi connectivity index (χ4v) is 5.55. The molecule has 0 saturated carbocycles. The number of carbonyl (C=O) groups excluding carboxylic acids is 2. The lowest BCUT2D eigenvalue weighted by Crippen LogP contribution is -2.67. The van der Waals surface area contributed by atoms with E-state index in [9.17, 15) is 9.59 Å². The normalized spacial score (nSPS) is 22.4. The number of ether oxygens (including phenoxy) is 1. The maximum atomic E-state index is 13.9. The molecule has 0 spiro atoms. The Morgan fingerprint density at radius 2 is 1.88 bits per heavy atom. The van der Waals surface area contributed by atoms with Gasteiger partial charge in [-0.1, -0.05) is 41.9 Å². The summed E-state index contributed by atoms with van der Waals surface area (Å²) < 4.78 is 5.65. The summed E-state index contributed by atoms with van der Waals surface area (Å²) in [5.74, 6) is -0.131. The summed E-state index contributed by atoms with van der Waals surface area (Å²) >= 11 is 6.16. The van der Waals surface area contributed by atoms with Gasteiger partial charge < -0.3 is 19.5 Å². The number of amides is 2. The zero-order valence-electron chi connectivity index (χ0n) is 19.8. The molecule has 3 aromatic rings. The maximum Gasteiger partial charge on any atom is 0.254 e. The molecule has 1 saturated heterocycles. The quantitative estimate of drug-likeness (QED) is 0.522. The fraction of sp³-hybridized carbons (Fsp3) is 0.407. The van der Waals surface area contributed by atoms with Crippen LogP contribution in [0.2, 0.25) is 5.02 Å². The van der Waals surface area contributed by atoms with Crippen LogP contribution in [0.3, 0.4) is 0 Å². The van der Waals surface area contributed by atoms with Gasteiger partial charge in [-0.2, -0.15) is 0 Å². The molecule has 1 N–H and O–H groups in total. The standard InChI is InChI=1S/C27H30ClN3O3/c1-17(2)34-14-6-13-30-16-23(32)31-15-21(18-9-11-19(28)12-10-18)24-20-7-4-5-8-22(20)29-25(24)27(31,3)26(30)33/h4-5,7-12,17,21,29H,6,13-16H2,1-3H3/t21?,27-/m0/s1. The van der Waals surface area contributed by atoms with Gasteiger partial charge in [0, 0.05) is 41.5 Å². The van der Waals surface area contributed by atoms with Crippen molar-refractivity contribution in [1.82, 2.24) is 14.8 Å². The smallest absolute Gasteiger partial charge is 0.254 e. The molecular weight excluding hydrogens is 450 g/mol. The van der Waals surface area contributed by atoms with E-state index in [1.807, 2.05) is 63.2 Å². The zero-order chi connectivity index (χ0) is 24.0. The van der Waals surface area contributed by atoms with Crippen molar-refractivity contribution < 1.29 is 14.3 Å². The second kappa shape index (κ2) is 8.75. The lowest BCUT2D eigenvalue weighted by molar-refractivity contribution is -0.166. The highest BCUT2D eigenvalue weighted by molar-refractivity contribution is 6.30. The molecule has 7 heteroatoms. The van der Waals surface area contributed by atoms with Crippen molar-refractivity contribution in [3.63, 3.8) is 0 Å². The van der Waals surface area contributed by atoms with Crippen molar-refractivity contribution in [2.24, 2.45) is 0 Å². The Bertz CT molecular complexity index is 1240. The van der Waals surface area contributed by atoms with E-state index in [4.69, 9.17) is 16.3 Å². The van der Waals surface area contributed by atoms with Gasteiger partial charge in [0.2, 0.25) is 5.91 Å². The monoisotopic (exact) mass is 479 g/mol. The van der Waals surface area contributed by atoms with Crippen molar-refractivity contribution >= 4 is 34.3 Å². The van der Waals surface area contributed by atoms with E-state index < -0.39 is 5.54 Å². The number of fused-ring (bicyclic) bond motifs is 5. The molecule has 6 nitrogen and oxygen atoms in total. The predicted octanol–water partition coefficient (Wildman–Crippen LogP) is 4.67. The van der Waals surface area contributed by atoms with Crippen LogP contribution >= 0.6 is 11.6 Å². The molecule has 0 radical (unpaired) electrons. The number of carbonyl (C=O) groups is 2. The van der Waals surface area contributed by atoms with Gasteiger partial charge in [0.05, 0.1) is 18.3 Å². The number of halogens is 1. The van der Waals surface area contributed by atoms with Gasteiger partial charge >= 0.3 is 0 Å². The first kappa shape index (κ1) is 22.9. The minimum Gasteiger partial charge on any atom is -0.379 e. The summed E-state index contributed by atoms with van der Waals surface area (Å²) in [5, 5.41) is 1.76. The Kier molecular flexibility index (Phi) is 5.90. The highest BCUT2D eigenvalue weighted by Crippen LogP contribution is 2.48. The molecule has 5 rings (SSSR count). The van der Waals surface area contributed by atoms with Crippen molar-refractivity contribution in [1.29, 1.82) is 0 Å². The van der Waals surface area contributed by atoms with E-state index in [-0.39, 0.29) is 30.4 Å². The second-order valence-electron chi connectivity index (χ2n) is 9.64. The van der Waals surface area contributed by atoms with E-state index >= 15 is 0 Å². The number of hydrogen-bond donors (Lipinski definition) is 1. The minimum absolute atomic E-state index is 0.0323. The van der Waals surface area contributed by atoms with E-state index in [1.54, 1.807) is 9.80 Å². The third-order valence-electron chi connectivity index (χ3n) is 7.11. The molecule has 0 bridgehead atoms. The minimum atomic E-state index is -1.08. The van der Waals surface area contributed by atoms with Crippen molar-refractivity contribution in [2.75, 3.05) is 26.2 Å². The lowest BCUT2D eigenvalue weighted by Gasteiger charge is -2.51. The van der Waals surface area contributed by atoms with Gasteiger partial charge in [0.1, 0.15) is 0 Å². The molecule has 1 unspecified atom stereocenters. The summed E-state index contributed by atoms with van der Waals surface area (Å²) in [6.07, 6.45) is 0.837. The summed E-state index contributed by atoms with van der Waals surface area (Å²) in [7, 11) is 0. The summed E-state index contributed by atoms with van der Waals surface area (Å²) in [5.41, 5.74) is 2.86. The van der Waals surface area contributed by atoms with Gasteiger partial charge in [-0.05, 0) is 56.5 Å². The highest BCUT2D eigenvalue weighted by Gasteiger charge is 2.56. The largest absolute Gasteiger partial charge is 0.379 e. The average molecular weight is 480 g/mol. The van der Waals surface area contributed by atoms with Crippen LogP contribution in [0.4, 0.5) is 0 Å². The van der Waals surface area contributed by atoms with Gasteiger partial charge in [0.25, 0.3) is 5.91 Å². The third-order valence-corrected chi connectivity index (χ3v) is 7.37. The number of H-pyrrole nitrogens is 1. The Labute approximate surface area is 204 Å². The number of aromatic amines is 1. The van der Waals surface area contributed by atoms with E-state index in [0.29, 0.717) is 31.1 Å². The number of benzene rings is 2. The molecule has 2 aliphatic heterocycles. The van der Waals surface area contributed by atoms with Crippen LogP contribution in [0.25, 0.3) is 10.9 Å². The molecule has 3 heterocycles. The van der Waals surface area contributed by atoms with Crippen LogP contribution in [0.15, 0.2) is 48.5 Å². The van der Waals surface area contributed by atoms with E-state index in [0.717, 1.165) is 27.7 Å². The number of nitrogens with one attached hydrogen (secondary N) is 1. The van der Waals surface area contributed by atoms with Crippen LogP contribution in [0, 0.1) is 0 Å². The Morgan fingerprint density at radius 1 is 1.15 bits per heavy atom. The lowest BCUT2D eigenvalue weighted by atomic mass is 9.76. The van der Waals surface area contributed by atoms with E-state index in [1.165, 1.54) is 0 Å². The third kappa shape index (κ3) is 3.69. The molecule has 34 heavy (non-hydrogen) atoms. The summed E-state index contributed by atoms with van der Waals surface area (Å²) in [6, 6.07) is 15.9. The van der Waals surface area contributed by atoms with Crippen molar-refractivity contribution in [3.8, 4) is 0 Å². The summed E-state index contributed by atoms with van der Waals surface area (Å²) in [6.45, 7) is 7.47. The predicted molar refractivity (Wildman–Crippen MR) is 133 cm³/mol. The first-order valence-corrected chi connectivity index (χ1v) is 12.3. The van der Waals surface area contributed by atoms with Crippen LogP contribution in [0.1, 0.15) is 49.9 Å². The molecule has 1 aromatic heterocycles. The van der Waals surface area contributed by atoms with E-state index in [2.05, 4.69) is 11.1 Å². The van der Waals surface area contributed by atoms with Crippen LogP contribution in [-0.2, 0) is 19.9 Å². The molecule has 2 aliphatic rings. The first-order chi connectivity index (χ1) is 16.3. The van der Waals surface area contributed by atoms with Crippen molar-refractivity contribution in [3.05, 3.63) is 70.4 Å². The molecule has 2 aromatic carbocycles. The Balaban J connectivity index is 1.58. The number of nitrogens with zero attached hydrogens (tertiary/aromatic N) is 2. The highest BCUT2D eigenvalue weighted by atomic mass is 35.5. The topological polar surface area (TPSA) is 65.6 Å².